The van der Waals surface area contributed by atoms with Gasteiger partial charge in [0.15, 0.2) is 17.5 Å². The second-order valence-electron chi connectivity index (χ2n) is 5.44. The molecule has 0 saturated carbocycles. The molecule has 7 heteroatoms. The Kier molecular flexibility index (Phi) is 4.71. The van der Waals surface area contributed by atoms with Crippen LogP contribution in [0.1, 0.15) is 10.4 Å². The molecule has 0 aliphatic carbocycles. The number of para-hydroxylation sites is 1. The van der Waals surface area contributed by atoms with Crippen molar-refractivity contribution in [2.75, 3.05) is 36.4 Å². The Morgan fingerprint density at radius 2 is 1.71 bits per heavy atom. The lowest BCUT2D eigenvalue weighted by atomic mass is 10.1. The van der Waals surface area contributed by atoms with E-state index < -0.39 is 34.6 Å². The zero-order valence-electron chi connectivity index (χ0n) is 12.8. The molecule has 3 rings (SSSR count). The number of amides is 1. The highest BCUT2D eigenvalue weighted by Gasteiger charge is 2.27. The van der Waals surface area contributed by atoms with Crippen LogP contribution in [0.25, 0.3) is 0 Å². The van der Waals surface area contributed by atoms with Gasteiger partial charge in [-0.1, -0.05) is 18.2 Å². The molecule has 24 heavy (non-hydrogen) atoms. The van der Waals surface area contributed by atoms with E-state index in [1.165, 1.54) is 4.90 Å². The number of hydrogen-bond donors (Lipinski definition) is 2. The quantitative estimate of drug-likeness (QED) is 0.848. The standard InChI is InChI=1S/C17H16F3N3O/c18-13-10-12(17(24)22-11-4-2-1-3-5-11)14(19)16(15(13)20)23-8-6-21-7-9-23/h1-5,10,21H,6-9H2,(H,22,24). The minimum Gasteiger partial charge on any atom is -0.364 e. The predicted molar refractivity (Wildman–Crippen MR) is 85.8 cm³/mol. The van der Waals surface area contributed by atoms with Gasteiger partial charge in [0.25, 0.3) is 5.91 Å². The van der Waals surface area contributed by atoms with E-state index in [1.807, 2.05) is 0 Å². The number of hydrogen-bond acceptors (Lipinski definition) is 3. The van der Waals surface area contributed by atoms with E-state index in [9.17, 15) is 18.0 Å². The van der Waals surface area contributed by atoms with Crippen LogP contribution in [-0.4, -0.2) is 32.1 Å². The van der Waals surface area contributed by atoms with E-state index in [1.54, 1.807) is 30.3 Å². The molecule has 1 heterocycles. The topological polar surface area (TPSA) is 44.4 Å². The zero-order chi connectivity index (χ0) is 17.1. The molecule has 4 nitrogen and oxygen atoms in total. The Hall–Kier alpha value is -2.54. The molecule has 1 aliphatic rings. The number of anilines is 2. The predicted octanol–water partition coefficient (Wildman–Crippen LogP) is 2.77. The van der Waals surface area contributed by atoms with E-state index >= 15 is 0 Å². The van der Waals surface area contributed by atoms with Gasteiger partial charge < -0.3 is 15.5 Å². The molecule has 1 saturated heterocycles. The summed E-state index contributed by atoms with van der Waals surface area (Å²) in [6.07, 6.45) is 0. The molecule has 0 radical (unpaired) electrons. The molecular formula is C17H16F3N3O. The first-order valence-corrected chi connectivity index (χ1v) is 7.57. The first-order chi connectivity index (χ1) is 11.6. The van der Waals surface area contributed by atoms with E-state index in [4.69, 9.17) is 0 Å². The zero-order valence-corrected chi connectivity index (χ0v) is 12.8. The van der Waals surface area contributed by atoms with Crippen molar-refractivity contribution < 1.29 is 18.0 Å². The highest BCUT2D eigenvalue weighted by Crippen LogP contribution is 2.29. The van der Waals surface area contributed by atoms with Gasteiger partial charge in [0.2, 0.25) is 0 Å². The van der Waals surface area contributed by atoms with Gasteiger partial charge in [-0.2, -0.15) is 0 Å². The Bertz CT molecular complexity index is 746. The molecule has 2 aromatic rings. The number of halogens is 3. The fourth-order valence-electron chi connectivity index (χ4n) is 2.64. The van der Waals surface area contributed by atoms with Crippen LogP contribution in [0.4, 0.5) is 24.5 Å². The minimum atomic E-state index is -1.27. The highest BCUT2D eigenvalue weighted by atomic mass is 19.2. The molecule has 1 amide bonds. The average molecular weight is 335 g/mol. The Balaban J connectivity index is 1.96. The summed E-state index contributed by atoms with van der Waals surface area (Å²) in [6, 6.07) is 8.98. The van der Waals surface area contributed by atoms with Crippen LogP contribution >= 0.6 is 0 Å². The van der Waals surface area contributed by atoms with Crippen molar-refractivity contribution in [3.63, 3.8) is 0 Å². The summed E-state index contributed by atoms with van der Waals surface area (Å²) < 4.78 is 42.7. The van der Waals surface area contributed by atoms with Gasteiger partial charge in [0.05, 0.1) is 5.56 Å². The van der Waals surface area contributed by atoms with Crippen molar-refractivity contribution in [3.05, 3.63) is 59.4 Å². The minimum absolute atomic E-state index is 0.330. The fraction of sp³-hybridized carbons (Fsp3) is 0.235. The summed E-state index contributed by atoms with van der Waals surface area (Å²) in [5, 5.41) is 5.53. The Morgan fingerprint density at radius 3 is 2.38 bits per heavy atom. The molecule has 0 spiro atoms. The summed E-state index contributed by atoms with van der Waals surface area (Å²) in [7, 11) is 0. The number of benzene rings is 2. The lowest BCUT2D eigenvalue weighted by molar-refractivity contribution is 0.102. The van der Waals surface area contributed by atoms with Crippen LogP contribution in [0, 0.1) is 17.5 Å². The van der Waals surface area contributed by atoms with Gasteiger partial charge in [-0.3, -0.25) is 4.79 Å². The monoisotopic (exact) mass is 335 g/mol. The van der Waals surface area contributed by atoms with Crippen molar-refractivity contribution in [2.24, 2.45) is 0 Å². The van der Waals surface area contributed by atoms with Crippen molar-refractivity contribution in [1.29, 1.82) is 0 Å². The third kappa shape index (κ3) is 3.21. The number of carbonyl (C=O) groups is 1. The third-order valence-electron chi connectivity index (χ3n) is 3.84. The van der Waals surface area contributed by atoms with Crippen LogP contribution in [0.2, 0.25) is 0 Å². The molecular weight excluding hydrogens is 319 g/mol. The van der Waals surface area contributed by atoms with Crippen molar-refractivity contribution in [1.82, 2.24) is 5.32 Å². The molecule has 2 aromatic carbocycles. The summed E-state index contributed by atoms with van der Waals surface area (Å²) >= 11 is 0. The van der Waals surface area contributed by atoms with Gasteiger partial charge in [0.1, 0.15) is 5.69 Å². The summed E-state index contributed by atoms with van der Waals surface area (Å²) in [5.41, 5.74) is -0.573. The average Bonchev–Trinajstić information content (AvgIpc) is 2.60. The van der Waals surface area contributed by atoms with Crippen LogP contribution in [-0.2, 0) is 0 Å². The number of rotatable bonds is 3. The first-order valence-electron chi connectivity index (χ1n) is 7.57. The van der Waals surface area contributed by atoms with Crippen molar-refractivity contribution in [3.8, 4) is 0 Å². The van der Waals surface area contributed by atoms with Crippen LogP contribution < -0.4 is 15.5 Å². The number of carbonyl (C=O) groups excluding carboxylic acids is 1. The summed E-state index contributed by atoms with van der Waals surface area (Å²) in [6.45, 7) is 1.72. The van der Waals surface area contributed by atoms with E-state index in [0.29, 0.717) is 37.9 Å². The van der Waals surface area contributed by atoms with Crippen molar-refractivity contribution >= 4 is 17.3 Å². The third-order valence-corrected chi connectivity index (χ3v) is 3.84. The number of piperazine rings is 1. The van der Waals surface area contributed by atoms with Crippen LogP contribution in [0.5, 0.6) is 0 Å². The fourth-order valence-corrected chi connectivity index (χ4v) is 2.64. The largest absolute Gasteiger partial charge is 0.364 e. The maximum absolute atomic E-state index is 14.7. The highest BCUT2D eigenvalue weighted by molar-refractivity contribution is 6.05. The van der Waals surface area contributed by atoms with E-state index in [-0.39, 0.29) is 0 Å². The molecule has 0 unspecified atom stereocenters. The van der Waals surface area contributed by atoms with E-state index in [0.717, 1.165) is 0 Å². The van der Waals surface area contributed by atoms with Crippen LogP contribution in [0.15, 0.2) is 36.4 Å². The number of nitrogens with one attached hydrogen (secondary N) is 2. The smallest absolute Gasteiger partial charge is 0.258 e. The maximum Gasteiger partial charge on any atom is 0.258 e. The van der Waals surface area contributed by atoms with Crippen molar-refractivity contribution in [2.45, 2.75) is 0 Å². The SMILES string of the molecule is O=C(Nc1ccccc1)c1cc(F)c(F)c(N2CCNCC2)c1F. The normalized spacial score (nSPS) is 14.5. The van der Waals surface area contributed by atoms with E-state index in [2.05, 4.69) is 10.6 Å². The second kappa shape index (κ2) is 6.92. The maximum atomic E-state index is 14.7. The van der Waals surface area contributed by atoms with Gasteiger partial charge in [0, 0.05) is 31.9 Å². The molecule has 126 valence electrons. The summed E-state index contributed by atoms with van der Waals surface area (Å²) in [4.78, 5) is 13.7. The molecule has 2 N–H and O–H groups in total. The molecule has 0 atom stereocenters. The lowest BCUT2D eigenvalue weighted by Gasteiger charge is -2.30. The molecule has 0 bridgehead atoms. The Labute approximate surface area is 137 Å². The number of nitrogens with zero attached hydrogens (tertiary/aromatic N) is 1. The molecule has 0 aromatic heterocycles. The molecule has 1 fully saturated rings. The summed E-state index contributed by atoms with van der Waals surface area (Å²) in [5.74, 6) is -4.40. The first kappa shape index (κ1) is 16.3. The second-order valence-corrected chi connectivity index (χ2v) is 5.44. The Morgan fingerprint density at radius 1 is 1.04 bits per heavy atom. The van der Waals surface area contributed by atoms with Gasteiger partial charge in [-0.15, -0.1) is 0 Å². The van der Waals surface area contributed by atoms with Gasteiger partial charge in [-0.05, 0) is 18.2 Å². The van der Waals surface area contributed by atoms with Gasteiger partial charge in [-0.25, -0.2) is 13.2 Å². The van der Waals surface area contributed by atoms with Crippen LogP contribution in [0.3, 0.4) is 0 Å². The molecule has 1 aliphatic heterocycles. The lowest BCUT2D eigenvalue weighted by Crippen LogP contribution is -2.44. The van der Waals surface area contributed by atoms with Gasteiger partial charge >= 0.3 is 0 Å².